The van der Waals surface area contributed by atoms with E-state index in [9.17, 15) is 0 Å². The molecular weight excluding hydrogens is 224 g/mol. The van der Waals surface area contributed by atoms with Crippen molar-refractivity contribution in [2.45, 2.75) is 38.5 Å². The number of piperidine rings is 1. The molecule has 0 aromatic carbocycles. The summed E-state index contributed by atoms with van der Waals surface area (Å²) in [6.07, 6.45) is 8.32. The lowest BCUT2D eigenvalue weighted by atomic mass is 9.95. The first-order valence-electron chi connectivity index (χ1n) is 7.81. The van der Waals surface area contributed by atoms with Gasteiger partial charge in [0.2, 0.25) is 0 Å². The zero-order valence-electron chi connectivity index (χ0n) is 12.0. The summed E-state index contributed by atoms with van der Waals surface area (Å²) >= 11 is 0. The van der Waals surface area contributed by atoms with E-state index in [0.29, 0.717) is 0 Å². The quantitative estimate of drug-likeness (QED) is 0.638. The molecule has 106 valence electrons. The van der Waals surface area contributed by atoms with Crippen LogP contribution in [0.4, 0.5) is 0 Å². The third-order valence-corrected chi connectivity index (χ3v) is 4.22. The Hall–Kier alpha value is -0.120. The van der Waals surface area contributed by atoms with Crippen molar-refractivity contribution >= 4 is 0 Å². The summed E-state index contributed by atoms with van der Waals surface area (Å²) in [6.45, 7) is 6.71. The lowest BCUT2D eigenvalue weighted by Gasteiger charge is -2.24. The van der Waals surface area contributed by atoms with Crippen LogP contribution in [0.2, 0.25) is 0 Å². The van der Waals surface area contributed by atoms with Crippen molar-refractivity contribution in [2.24, 2.45) is 11.8 Å². The van der Waals surface area contributed by atoms with Gasteiger partial charge in [0.1, 0.15) is 0 Å². The summed E-state index contributed by atoms with van der Waals surface area (Å²) in [5.41, 5.74) is 0. The van der Waals surface area contributed by atoms with E-state index in [1.807, 2.05) is 0 Å². The number of likely N-dealkylation sites (N-methyl/N-ethyl adjacent to an activating group) is 1. The minimum Gasteiger partial charge on any atom is -0.380 e. The van der Waals surface area contributed by atoms with E-state index in [-0.39, 0.29) is 0 Å². The van der Waals surface area contributed by atoms with Crippen LogP contribution in [0.5, 0.6) is 0 Å². The van der Waals surface area contributed by atoms with Gasteiger partial charge in [0.25, 0.3) is 0 Å². The molecule has 2 aliphatic rings. The van der Waals surface area contributed by atoms with Gasteiger partial charge in [-0.05, 0) is 77.0 Å². The maximum Gasteiger partial charge on any atom is 0.0593 e. The second kappa shape index (κ2) is 8.13. The SMILES string of the molecule is CN(CCCC1CCCNC1)CCOCC1CC1. The zero-order chi connectivity index (χ0) is 12.6. The van der Waals surface area contributed by atoms with Crippen LogP contribution in [0.3, 0.4) is 0 Å². The van der Waals surface area contributed by atoms with Crippen molar-refractivity contribution in [3.05, 3.63) is 0 Å². The molecule has 0 amide bonds. The minimum atomic E-state index is 0.897. The Balaban J connectivity index is 1.39. The van der Waals surface area contributed by atoms with Crippen LogP contribution in [-0.4, -0.2) is 51.3 Å². The molecule has 1 saturated carbocycles. The Morgan fingerprint density at radius 2 is 2.06 bits per heavy atom. The number of nitrogens with zero attached hydrogens (tertiary/aromatic N) is 1. The Labute approximate surface area is 112 Å². The van der Waals surface area contributed by atoms with Crippen LogP contribution in [-0.2, 0) is 4.74 Å². The van der Waals surface area contributed by atoms with Crippen LogP contribution in [0, 0.1) is 11.8 Å². The topological polar surface area (TPSA) is 24.5 Å². The van der Waals surface area contributed by atoms with Crippen molar-refractivity contribution in [1.82, 2.24) is 10.2 Å². The molecule has 1 saturated heterocycles. The number of hydrogen-bond donors (Lipinski definition) is 1. The Morgan fingerprint density at radius 1 is 1.17 bits per heavy atom. The summed E-state index contributed by atoms with van der Waals surface area (Å²) in [5.74, 6) is 1.83. The van der Waals surface area contributed by atoms with Gasteiger partial charge >= 0.3 is 0 Å². The van der Waals surface area contributed by atoms with E-state index < -0.39 is 0 Å². The summed E-state index contributed by atoms with van der Waals surface area (Å²) in [7, 11) is 2.22. The van der Waals surface area contributed by atoms with Crippen molar-refractivity contribution in [2.75, 3.05) is 46.4 Å². The van der Waals surface area contributed by atoms with E-state index in [0.717, 1.165) is 31.6 Å². The molecular formula is C15H30N2O. The summed E-state index contributed by atoms with van der Waals surface area (Å²) in [5, 5.41) is 3.50. The molecule has 3 heteroatoms. The first-order chi connectivity index (χ1) is 8.84. The van der Waals surface area contributed by atoms with E-state index in [2.05, 4.69) is 17.3 Å². The van der Waals surface area contributed by atoms with Gasteiger partial charge in [0, 0.05) is 13.2 Å². The molecule has 1 N–H and O–H groups in total. The second-order valence-electron chi connectivity index (χ2n) is 6.18. The number of hydrogen-bond acceptors (Lipinski definition) is 3. The number of rotatable bonds is 9. The van der Waals surface area contributed by atoms with Gasteiger partial charge in [0.15, 0.2) is 0 Å². The lowest BCUT2D eigenvalue weighted by molar-refractivity contribution is 0.102. The summed E-state index contributed by atoms with van der Waals surface area (Å²) in [6, 6.07) is 0. The smallest absolute Gasteiger partial charge is 0.0593 e. The van der Waals surface area contributed by atoms with Crippen LogP contribution >= 0.6 is 0 Å². The summed E-state index contributed by atoms with van der Waals surface area (Å²) < 4.78 is 5.67. The highest BCUT2D eigenvalue weighted by Crippen LogP contribution is 2.28. The molecule has 0 aromatic rings. The van der Waals surface area contributed by atoms with Crippen molar-refractivity contribution in [3.8, 4) is 0 Å². The van der Waals surface area contributed by atoms with Crippen molar-refractivity contribution in [1.29, 1.82) is 0 Å². The van der Waals surface area contributed by atoms with E-state index in [1.54, 1.807) is 0 Å². The van der Waals surface area contributed by atoms with Crippen LogP contribution < -0.4 is 5.32 Å². The first-order valence-corrected chi connectivity index (χ1v) is 7.81. The van der Waals surface area contributed by atoms with E-state index in [1.165, 1.54) is 58.2 Å². The fourth-order valence-electron chi connectivity index (χ4n) is 2.69. The van der Waals surface area contributed by atoms with Gasteiger partial charge in [0.05, 0.1) is 6.61 Å². The zero-order valence-corrected chi connectivity index (χ0v) is 12.0. The Morgan fingerprint density at radius 3 is 2.78 bits per heavy atom. The van der Waals surface area contributed by atoms with Gasteiger partial charge < -0.3 is 15.0 Å². The van der Waals surface area contributed by atoms with Gasteiger partial charge in [-0.3, -0.25) is 0 Å². The average Bonchev–Trinajstić information content (AvgIpc) is 3.20. The van der Waals surface area contributed by atoms with Gasteiger partial charge in [-0.25, -0.2) is 0 Å². The maximum atomic E-state index is 5.67. The molecule has 1 unspecified atom stereocenters. The molecule has 1 heterocycles. The second-order valence-corrected chi connectivity index (χ2v) is 6.18. The van der Waals surface area contributed by atoms with Crippen molar-refractivity contribution < 1.29 is 4.74 Å². The highest BCUT2D eigenvalue weighted by Gasteiger charge is 2.20. The monoisotopic (exact) mass is 254 g/mol. The van der Waals surface area contributed by atoms with Crippen LogP contribution in [0.15, 0.2) is 0 Å². The molecule has 3 nitrogen and oxygen atoms in total. The fraction of sp³-hybridized carbons (Fsp3) is 1.00. The molecule has 2 rings (SSSR count). The Bertz CT molecular complexity index is 213. The Kier molecular flexibility index (Phi) is 6.46. The maximum absolute atomic E-state index is 5.67. The summed E-state index contributed by atoms with van der Waals surface area (Å²) in [4.78, 5) is 2.42. The molecule has 1 aliphatic heterocycles. The third kappa shape index (κ3) is 6.17. The lowest BCUT2D eigenvalue weighted by Crippen LogP contribution is -2.30. The van der Waals surface area contributed by atoms with Gasteiger partial charge in [-0.2, -0.15) is 0 Å². The molecule has 0 radical (unpaired) electrons. The third-order valence-electron chi connectivity index (χ3n) is 4.22. The highest BCUT2D eigenvalue weighted by molar-refractivity contribution is 4.72. The molecule has 1 aliphatic carbocycles. The fourth-order valence-corrected chi connectivity index (χ4v) is 2.69. The standard InChI is InChI=1S/C15H30N2O/c1-17(10-11-18-13-15-6-7-15)9-3-5-14-4-2-8-16-12-14/h14-16H,2-13H2,1H3. The highest BCUT2D eigenvalue weighted by atomic mass is 16.5. The van der Waals surface area contributed by atoms with Crippen LogP contribution in [0.25, 0.3) is 0 Å². The number of nitrogens with one attached hydrogen (secondary N) is 1. The molecule has 18 heavy (non-hydrogen) atoms. The van der Waals surface area contributed by atoms with E-state index >= 15 is 0 Å². The molecule has 0 aromatic heterocycles. The minimum absolute atomic E-state index is 0.897. The number of ether oxygens (including phenoxy) is 1. The predicted molar refractivity (Wildman–Crippen MR) is 75.9 cm³/mol. The molecule has 0 bridgehead atoms. The molecule has 2 fully saturated rings. The normalized spacial score (nSPS) is 24.7. The van der Waals surface area contributed by atoms with Crippen LogP contribution in [0.1, 0.15) is 38.5 Å². The molecule has 1 atom stereocenters. The van der Waals surface area contributed by atoms with E-state index in [4.69, 9.17) is 4.74 Å². The van der Waals surface area contributed by atoms with Gasteiger partial charge in [-0.15, -0.1) is 0 Å². The first kappa shape index (κ1) is 14.3. The molecule has 0 spiro atoms. The average molecular weight is 254 g/mol. The van der Waals surface area contributed by atoms with Crippen molar-refractivity contribution in [3.63, 3.8) is 0 Å². The predicted octanol–water partition coefficient (Wildman–Crippen LogP) is 2.12. The van der Waals surface area contributed by atoms with Gasteiger partial charge in [-0.1, -0.05) is 0 Å². The largest absolute Gasteiger partial charge is 0.380 e.